The molecule has 6 rings (SSSR count). The third kappa shape index (κ3) is 5.72. The highest BCUT2D eigenvalue weighted by Gasteiger charge is 2.39. The van der Waals surface area contributed by atoms with Crippen LogP contribution in [-0.2, 0) is 17.8 Å². The summed E-state index contributed by atoms with van der Waals surface area (Å²) in [4.78, 5) is 24.9. The summed E-state index contributed by atoms with van der Waals surface area (Å²) in [7, 11) is 0. The SMILES string of the molecule is CC1(C)COC[C@H]1n1c(Cc2cc(F)c(-c3cccc(OCc4ccc(Cl)cc4F)n3)cc2F)nc2ccc(C(=O)O)nc21. The van der Waals surface area contributed by atoms with Gasteiger partial charge in [-0.3, -0.25) is 0 Å². The second kappa shape index (κ2) is 11.5. The summed E-state index contributed by atoms with van der Waals surface area (Å²) in [5.74, 6) is -2.62. The van der Waals surface area contributed by atoms with Crippen molar-refractivity contribution in [1.29, 1.82) is 0 Å². The van der Waals surface area contributed by atoms with Gasteiger partial charge in [-0.2, -0.15) is 0 Å². The molecule has 12 heteroatoms. The van der Waals surface area contributed by atoms with E-state index in [0.29, 0.717) is 30.2 Å². The molecule has 2 aromatic carbocycles. The first-order valence-corrected chi connectivity index (χ1v) is 14.1. The lowest BCUT2D eigenvalue weighted by Gasteiger charge is -2.27. The van der Waals surface area contributed by atoms with Crippen molar-refractivity contribution in [2.24, 2.45) is 5.41 Å². The van der Waals surface area contributed by atoms with Gasteiger partial charge in [0.1, 0.15) is 35.4 Å². The molecule has 226 valence electrons. The molecule has 4 heterocycles. The Bertz CT molecular complexity index is 1910. The van der Waals surface area contributed by atoms with Crippen LogP contribution in [0, 0.1) is 22.9 Å². The maximum Gasteiger partial charge on any atom is 0.354 e. The standard InChI is InChI=1S/C32H26ClF3N4O4/c1-32(2)16-43-15-27(32)40-28(37-25-8-9-26(31(41)42)39-30(25)40)11-18-10-23(36)20(13-22(18)35)24-4-3-5-29(38-24)44-14-17-6-7-19(33)12-21(17)34/h3-10,12-13,27H,11,14-16H2,1-2H3,(H,41,42)/t27-/m1/s1. The molecular formula is C32H26ClF3N4O4. The molecule has 0 saturated carbocycles. The van der Waals surface area contributed by atoms with Crippen molar-refractivity contribution in [2.75, 3.05) is 13.2 Å². The molecule has 3 aromatic heterocycles. The Kier molecular flexibility index (Phi) is 7.77. The Morgan fingerprint density at radius 1 is 1.02 bits per heavy atom. The highest BCUT2D eigenvalue weighted by molar-refractivity contribution is 6.30. The molecule has 1 fully saturated rings. The number of pyridine rings is 2. The quantitative estimate of drug-likeness (QED) is 0.198. The van der Waals surface area contributed by atoms with E-state index >= 15 is 8.78 Å². The Morgan fingerprint density at radius 3 is 2.55 bits per heavy atom. The maximum atomic E-state index is 15.6. The molecule has 1 N–H and O–H groups in total. The molecule has 0 radical (unpaired) electrons. The van der Waals surface area contributed by atoms with E-state index in [-0.39, 0.29) is 63.5 Å². The molecule has 0 bridgehead atoms. The molecule has 1 aliphatic rings. The zero-order valence-corrected chi connectivity index (χ0v) is 24.4. The van der Waals surface area contributed by atoms with E-state index in [2.05, 4.69) is 15.0 Å². The Morgan fingerprint density at radius 2 is 1.82 bits per heavy atom. The van der Waals surface area contributed by atoms with Crippen molar-refractivity contribution in [2.45, 2.75) is 32.9 Å². The molecule has 0 amide bonds. The monoisotopic (exact) mass is 622 g/mol. The second-order valence-electron chi connectivity index (χ2n) is 11.2. The summed E-state index contributed by atoms with van der Waals surface area (Å²) >= 11 is 5.80. The number of hydrogen-bond donors (Lipinski definition) is 1. The van der Waals surface area contributed by atoms with Crippen molar-refractivity contribution in [3.05, 3.63) is 106 Å². The van der Waals surface area contributed by atoms with E-state index in [1.54, 1.807) is 16.7 Å². The Labute approximate surface area is 255 Å². The van der Waals surface area contributed by atoms with Crippen LogP contribution in [0.4, 0.5) is 13.2 Å². The van der Waals surface area contributed by atoms with Crippen LogP contribution in [0.25, 0.3) is 22.4 Å². The minimum atomic E-state index is -1.19. The first-order chi connectivity index (χ1) is 21.0. The lowest BCUT2D eigenvalue weighted by molar-refractivity contribution is 0.0690. The van der Waals surface area contributed by atoms with Gasteiger partial charge >= 0.3 is 5.97 Å². The van der Waals surface area contributed by atoms with Crippen molar-refractivity contribution in [1.82, 2.24) is 19.5 Å². The fraction of sp³-hybridized carbons (Fsp3) is 0.250. The predicted octanol–water partition coefficient (Wildman–Crippen LogP) is 7.03. The summed E-state index contributed by atoms with van der Waals surface area (Å²) in [5.41, 5.74) is 0.616. The normalized spacial score (nSPS) is 16.0. The number of aromatic carboxylic acids is 1. The number of imidazole rings is 1. The van der Waals surface area contributed by atoms with Crippen molar-refractivity contribution in [3.63, 3.8) is 0 Å². The van der Waals surface area contributed by atoms with Crippen molar-refractivity contribution in [3.8, 4) is 17.1 Å². The molecule has 1 saturated heterocycles. The fourth-order valence-corrected chi connectivity index (χ4v) is 5.46. The average molecular weight is 623 g/mol. The maximum absolute atomic E-state index is 15.6. The van der Waals surface area contributed by atoms with Crippen LogP contribution < -0.4 is 4.74 Å². The van der Waals surface area contributed by atoms with Crippen molar-refractivity contribution >= 4 is 28.7 Å². The van der Waals surface area contributed by atoms with E-state index < -0.39 is 23.4 Å². The summed E-state index contributed by atoms with van der Waals surface area (Å²) < 4.78 is 58.4. The summed E-state index contributed by atoms with van der Waals surface area (Å²) in [6.45, 7) is 4.66. The van der Waals surface area contributed by atoms with Gasteiger partial charge in [-0.15, -0.1) is 0 Å². The first-order valence-electron chi connectivity index (χ1n) is 13.7. The van der Waals surface area contributed by atoms with Gasteiger partial charge in [0.2, 0.25) is 5.88 Å². The molecule has 1 atom stereocenters. The lowest BCUT2D eigenvalue weighted by atomic mass is 9.87. The van der Waals surface area contributed by atoms with E-state index in [1.165, 1.54) is 36.4 Å². The van der Waals surface area contributed by atoms with Gasteiger partial charge in [0, 0.05) is 34.1 Å². The second-order valence-corrected chi connectivity index (χ2v) is 11.7. The minimum Gasteiger partial charge on any atom is -0.477 e. The number of aromatic nitrogens is 4. The number of carbonyl (C=O) groups is 1. The van der Waals surface area contributed by atoms with Crippen LogP contribution in [0.3, 0.4) is 0 Å². The highest BCUT2D eigenvalue weighted by atomic mass is 35.5. The van der Waals surface area contributed by atoms with Crippen LogP contribution in [0.2, 0.25) is 5.02 Å². The summed E-state index contributed by atoms with van der Waals surface area (Å²) in [5, 5.41) is 9.77. The molecule has 8 nitrogen and oxygen atoms in total. The Balaban J connectivity index is 1.31. The highest BCUT2D eigenvalue weighted by Crippen LogP contribution is 2.40. The molecule has 44 heavy (non-hydrogen) atoms. The number of carboxylic acid groups (broad SMARTS) is 1. The lowest BCUT2D eigenvalue weighted by Crippen LogP contribution is -2.27. The molecular weight excluding hydrogens is 597 g/mol. The van der Waals surface area contributed by atoms with Gasteiger partial charge in [-0.1, -0.05) is 37.6 Å². The van der Waals surface area contributed by atoms with Gasteiger partial charge in [0.25, 0.3) is 0 Å². The van der Waals surface area contributed by atoms with Gasteiger partial charge in [-0.05, 0) is 48.0 Å². The van der Waals surface area contributed by atoms with Crippen LogP contribution in [0.5, 0.6) is 5.88 Å². The van der Waals surface area contributed by atoms with Crippen LogP contribution in [-0.4, -0.2) is 43.8 Å². The first kappa shape index (κ1) is 29.6. The van der Waals surface area contributed by atoms with E-state index in [4.69, 9.17) is 21.1 Å². The number of fused-ring (bicyclic) bond motifs is 1. The van der Waals surface area contributed by atoms with Gasteiger partial charge in [0.05, 0.1) is 24.9 Å². The molecule has 0 aliphatic carbocycles. The number of hydrogen-bond acceptors (Lipinski definition) is 6. The van der Waals surface area contributed by atoms with Crippen LogP contribution in [0.15, 0.2) is 60.7 Å². The minimum absolute atomic E-state index is 0.0450. The van der Waals surface area contributed by atoms with E-state index in [0.717, 1.165) is 12.1 Å². The average Bonchev–Trinajstić information content (AvgIpc) is 3.51. The number of halogens is 4. The zero-order valence-electron chi connectivity index (χ0n) is 23.7. The predicted molar refractivity (Wildman–Crippen MR) is 156 cm³/mol. The van der Waals surface area contributed by atoms with E-state index in [9.17, 15) is 14.3 Å². The fourth-order valence-electron chi connectivity index (χ4n) is 5.30. The number of nitrogens with zero attached hydrogens (tertiary/aromatic N) is 4. The third-order valence-corrected chi connectivity index (χ3v) is 7.90. The third-order valence-electron chi connectivity index (χ3n) is 7.67. The summed E-state index contributed by atoms with van der Waals surface area (Å²) in [6, 6.07) is 13.6. The largest absolute Gasteiger partial charge is 0.477 e. The number of rotatable bonds is 8. The number of ether oxygens (including phenoxy) is 2. The molecule has 0 unspecified atom stereocenters. The zero-order chi connectivity index (χ0) is 31.2. The van der Waals surface area contributed by atoms with Crippen LogP contribution in [0.1, 0.15) is 47.3 Å². The molecule has 1 aliphatic heterocycles. The number of benzene rings is 2. The van der Waals surface area contributed by atoms with Gasteiger partial charge in [0.15, 0.2) is 11.3 Å². The van der Waals surface area contributed by atoms with Gasteiger partial charge < -0.3 is 19.1 Å². The smallest absolute Gasteiger partial charge is 0.354 e. The van der Waals surface area contributed by atoms with Crippen molar-refractivity contribution < 1.29 is 32.5 Å². The summed E-state index contributed by atoms with van der Waals surface area (Å²) in [6.07, 6.45) is -0.0857. The molecule has 5 aromatic rings. The number of carboxylic acids is 1. The van der Waals surface area contributed by atoms with Crippen LogP contribution >= 0.6 is 11.6 Å². The van der Waals surface area contributed by atoms with E-state index in [1.807, 2.05) is 13.8 Å². The molecule has 0 spiro atoms. The Hall–Kier alpha value is -4.48. The topological polar surface area (TPSA) is 99.4 Å². The van der Waals surface area contributed by atoms with Gasteiger partial charge in [-0.25, -0.2) is 32.9 Å².